The van der Waals surface area contributed by atoms with Crippen molar-refractivity contribution >= 4 is 42.9 Å². The zero-order valence-corrected chi connectivity index (χ0v) is 18.7. The smallest absolute Gasteiger partial charge is 0.146 e. The van der Waals surface area contributed by atoms with Crippen molar-refractivity contribution in [1.82, 2.24) is 9.55 Å². The van der Waals surface area contributed by atoms with E-state index in [9.17, 15) is 0 Å². The third-order valence-electron chi connectivity index (χ3n) is 4.55. The number of ether oxygens (including phenoxy) is 2. The summed E-state index contributed by atoms with van der Waals surface area (Å²) in [6, 6.07) is 8.30. The van der Waals surface area contributed by atoms with Gasteiger partial charge in [-0.15, -0.1) is 0 Å². The van der Waals surface area contributed by atoms with E-state index in [1.165, 1.54) is 5.56 Å². The fourth-order valence-corrected chi connectivity index (χ4v) is 3.92. The van der Waals surface area contributed by atoms with E-state index in [1.54, 1.807) is 14.2 Å². The SMILES string of the molecule is CCn1c(-c2ccc(C(C)C)cc2OC)nc2c(Br)c(Br)cc(OC)c21. The van der Waals surface area contributed by atoms with Crippen LogP contribution in [0.5, 0.6) is 11.5 Å². The number of rotatable bonds is 5. The predicted molar refractivity (Wildman–Crippen MR) is 113 cm³/mol. The van der Waals surface area contributed by atoms with Gasteiger partial charge in [0.2, 0.25) is 0 Å². The monoisotopic (exact) mass is 480 g/mol. The van der Waals surface area contributed by atoms with Crippen molar-refractivity contribution in [3.8, 4) is 22.9 Å². The number of hydrogen-bond donors (Lipinski definition) is 0. The van der Waals surface area contributed by atoms with E-state index >= 15 is 0 Å². The van der Waals surface area contributed by atoms with Crippen molar-refractivity contribution < 1.29 is 9.47 Å². The maximum absolute atomic E-state index is 5.69. The van der Waals surface area contributed by atoms with Crippen LogP contribution in [-0.2, 0) is 6.54 Å². The first-order valence-electron chi connectivity index (χ1n) is 8.53. The molecule has 0 fully saturated rings. The van der Waals surface area contributed by atoms with Crippen LogP contribution in [0, 0.1) is 0 Å². The molecule has 3 rings (SSSR count). The molecule has 0 spiro atoms. The first-order chi connectivity index (χ1) is 12.4. The van der Waals surface area contributed by atoms with Crippen LogP contribution in [0.2, 0.25) is 0 Å². The number of aromatic nitrogens is 2. The molecule has 26 heavy (non-hydrogen) atoms. The Balaban J connectivity index is 2.34. The zero-order chi connectivity index (χ0) is 19.0. The van der Waals surface area contributed by atoms with Gasteiger partial charge in [-0.1, -0.05) is 19.9 Å². The lowest BCUT2D eigenvalue weighted by Gasteiger charge is -2.14. The lowest BCUT2D eigenvalue weighted by Crippen LogP contribution is -2.01. The Morgan fingerprint density at radius 2 is 1.77 bits per heavy atom. The molecule has 0 bridgehead atoms. The van der Waals surface area contributed by atoms with Gasteiger partial charge in [-0.05, 0) is 68.5 Å². The van der Waals surface area contributed by atoms with Gasteiger partial charge in [0.15, 0.2) is 0 Å². The van der Waals surface area contributed by atoms with E-state index in [0.29, 0.717) is 5.92 Å². The molecule has 0 atom stereocenters. The predicted octanol–water partition coefficient (Wildman–Crippen LogP) is 6.39. The summed E-state index contributed by atoms with van der Waals surface area (Å²) in [5, 5.41) is 0. The van der Waals surface area contributed by atoms with Crippen molar-refractivity contribution in [2.24, 2.45) is 0 Å². The van der Waals surface area contributed by atoms with Crippen LogP contribution in [0.15, 0.2) is 33.2 Å². The van der Waals surface area contributed by atoms with Gasteiger partial charge in [-0.25, -0.2) is 4.98 Å². The number of fused-ring (bicyclic) bond motifs is 1. The van der Waals surface area contributed by atoms with E-state index in [2.05, 4.69) is 75.4 Å². The molecule has 3 aromatic rings. The Labute approximate surface area is 170 Å². The Hall–Kier alpha value is -1.53. The molecule has 0 aliphatic carbocycles. The molecule has 0 saturated heterocycles. The van der Waals surface area contributed by atoms with Gasteiger partial charge in [-0.2, -0.15) is 0 Å². The van der Waals surface area contributed by atoms with Crippen LogP contribution >= 0.6 is 31.9 Å². The zero-order valence-electron chi connectivity index (χ0n) is 15.6. The molecule has 0 amide bonds. The Morgan fingerprint density at radius 1 is 1.08 bits per heavy atom. The summed E-state index contributed by atoms with van der Waals surface area (Å²) < 4.78 is 15.3. The van der Waals surface area contributed by atoms with Crippen molar-refractivity contribution in [2.75, 3.05) is 14.2 Å². The molecule has 0 aliphatic heterocycles. The summed E-state index contributed by atoms with van der Waals surface area (Å²) in [5.74, 6) is 2.92. The van der Waals surface area contributed by atoms with Gasteiger partial charge >= 0.3 is 0 Å². The lowest BCUT2D eigenvalue weighted by atomic mass is 10.0. The maximum Gasteiger partial charge on any atom is 0.146 e. The molecular formula is C20H22Br2N2O2. The highest BCUT2D eigenvalue weighted by Gasteiger charge is 2.22. The van der Waals surface area contributed by atoms with Crippen LogP contribution in [0.4, 0.5) is 0 Å². The van der Waals surface area contributed by atoms with Gasteiger partial charge < -0.3 is 14.0 Å². The second-order valence-electron chi connectivity index (χ2n) is 6.37. The molecular weight excluding hydrogens is 460 g/mol. The highest BCUT2D eigenvalue weighted by atomic mass is 79.9. The number of aryl methyl sites for hydroxylation is 1. The molecule has 0 N–H and O–H groups in total. The number of methoxy groups -OCH3 is 2. The highest BCUT2D eigenvalue weighted by molar-refractivity contribution is 9.13. The van der Waals surface area contributed by atoms with Crippen molar-refractivity contribution in [3.63, 3.8) is 0 Å². The van der Waals surface area contributed by atoms with E-state index in [0.717, 1.165) is 49.4 Å². The summed E-state index contributed by atoms with van der Waals surface area (Å²) in [6.07, 6.45) is 0. The Bertz CT molecular complexity index is 964. The standard InChI is InChI=1S/C20H22Br2N2O2/c1-6-24-19-16(26-5)10-14(21)17(22)18(19)23-20(24)13-8-7-12(11(2)3)9-15(13)25-4/h7-11H,6H2,1-5H3. The first-order valence-corrected chi connectivity index (χ1v) is 10.1. The quantitative estimate of drug-likeness (QED) is 0.423. The van der Waals surface area contributed by atoms with Crippen LogP contribution < -0.4 is 9.47 Å². The third-order valence-corrected chi connectivity index (χ3v) is 6.51. The van der Waals surface area contributed by atoms with Gasteiger partial charge in [0.1, 0.15) is 28.4 Å². The molecule has 6 heteroatoms. The van der Waals surface area contributed by atoms with E-state index in [1.807, 2.05) is 6.07 Å². The summed E-state index contributed by atoms with van der Waals surface area (Å²) in [7, 11) is 3.38. The fraction of sp³-hybridized carbons (Fsp3) is 0.350. The highest BCUT2D eigenvalue weighted by Crippen LogP contribution is 2.41. The first kappa shape index (κ1) is 19.2. The molecule has 138 valence electrons. The summed E-state index contributed by atoms with van der Waals surface area (Å²) >= 11 is 7.22. The Kier molecular flexibility index (Phi) is 5.63. The van der Waals surface area contributed by atoms with E-state index in [-0.39, 0.29) is 0 Å². The van der Waals surface area contributed by atoms with Gasteiger partial charge in [0.25, 0.3) is 0 Å². The van der Waals surface area contributed by atoms with Crippen molar-refractivity contribution in [3.05, 3.63) is 38.8 Å². The van der Waals surface area contributed by atoms with E-state index in [4.69, 9.17) is 14.5 Å². The van der Waals surface area contributed by atoms with Crippen molar-refractivity contribution in [1.29, 1.82) is 0 Å². The van der Waals surface area contributed by atoms with Crippen LogP contribution in [-0.4, -0.2) is 23.8 Å². The normalized spacial score (nSPS) is 11.4. The molecule has 0 radical (unpaired) electrons. The van der Waals surface area contributed by atoms with Gasteiger partial charge in [0.05, 0.1) is 24.3 Å². The van der Waals surface area contributed by atoms with Crippen LogP contribution in [0.1, 0.15) is 32.3 Å². The summed E-state index contributed by atoms with van der Waals surface area (Å²) in [5.41, 5.74) is 4.05. The number of hydrogen-bond acceptors (Lipinski definition) is 3. The van der Waals surface area contributed by atoms with Gasteiger partial charge in [-0.3, -0.25) is 0 Å². The molecule has 4 nitrogen and oxygen atoms in total. The lowest BCUT2D eigenvalue weighted by molar-refractivity contribution is 0.414. The minimum Gasteiger partial charge on any atom is -0.496 e. The number of halogens is 2. The van der Waals surface area contributed by atoms with Crippen LogP contribution in [0.25, 0.3) is 22.4 Å². The maximum atomic E-state index is 5.69. The topological polar surface area (TPSA) is 36.3 Å². The average Bonchev–Trinajstić information content (AvgIpc) is 3.03. The molecule has 2 aromatic carbocycles. The van der Waals surface area contributed by atoms with Crippen molar-refractivity contribution in [2.45, 2.75) is 33.2 Å². The number of nitrogens with zero attached hydrogens (tertiary/aromatic N) is 2. The minimum atomic E-state index is 0.438. The molecule has 0 aliphatic rings. The molecule has 1 heterocycles. The summed E-state index contributed by atoms with van der Waals surface area (Å²) in [6.45, 7) is 7.23. The second kappa shape index (κ2) is 7.61. The fourth-order valence-electron chi connectivity index (χ4n) is 3.14. The molecule has 0 saturated carbocycles. The minimum absolute atomic E-state index is 0.438. The number of benzene rings is 2. The average molecular weight is 482 g/mol. The molecule has 1 aromatic heterocycles. The van der Waals surface area contributed by atoms with E-state index < -0.39 is 0 Å². The largest absolute Gasteiger partial charge is 0.496 e. The molecule has 0 unspecified atom stereocenters. The third kappa shape index (κ3) is 3.14. The number of imidazole rings is 1. The second-order valence-corrected chi connectivity index (χ2v) is 8.01. The summed E-state index contributed by atoms with van der Waals surface area (Å²) in [4.78, 5) is 4.93. The van der Waals surface area contributed by atoms with Gasteiger partial charge in [0, 0.05) is 11.0 Å². The Morgan fingerprint density at radius 3 is 2.35 bits per heavy atom. The van der Waals surface area contributed by atoms with Crippen LogP contribution in [0.3, 0.4) is 0 Å².